The minimum absolute atomic E-state index is 0.0406. The first-order chi connectivity index (χ1) is 11.1. The van der Waals surface area contributed by atoms with Crippen LogP contribution in [0.15, 0.2) is 46.8 Å². The van der Waals surface area contributed by atoms with Crippen molar-refractivity contribution in [1.29, 1.82) is 0 Å². The Morgan fingerprint density at radius 3 is 2.17 bits per heavy atom. The van der Waals surface area contributed by atoms with Crippen LogP contribution >= 0.6 is 0 Å². The van der Waals surface area contributed by atoms with Crippen molar-refractivity contribution in [2.45, 2.75) is 60.5 Å². The summed E-state index contributed by atoms with van der Waals surface area (Å²) < 4.78 is 5.20. The van der Waals surface area contributed by atoms with Gasteiger partial charge in [0.2, 0.25) is 5.78 Å². The van der Waals surface area contributed by atoms with Gasteiger partial charge >= 0.3 is 6.09 Å². The van der Waals surface area contributed by atoms with Gasteiger partial charge in [-0.1, -0.05) is 37.6 Å². The van der Waals surface area contributed by atoms with Crippen LogP contribution in [0.25, 0.3) is 0 Å². The van der Waals surface area contributed by atoms with Crippen LogP contribution in [0.3, 0.4) is 0 Å². The Balaban J connectivity index is 5.15. The fourth-order valence-electron chi connectivity index (χ4n) is 1.78. The second-order valence-electron chi connectivity index (χ2n) is 6.00. The molecule has 0 saturated carbocycles. The number of hydrogen-bond acceptors (Lipinski definition) is 4. The van der Waals surface area contributed by atoms with Gasteiger partial charge in [-0.15, -0.1) is 0 Å². The molecule has 0 aliphatic carbocycles. The molecule has 0 rings (SSSR count). The zero-order valence-corrected chi connectivity index (χ0v) is 15.7. The molecule has 5 nitrogen and oxygen atoms in total. The summed E-state index contributed by atoms with van der Waals surface area (Å²) in [6, 6.07) is 0. The summed E-state index contributed by atoms with van der Waals surface area (Å²) in [6.45, 7) is 14.7. The van der Waals surface area contributed by atoms with Crippen LogP contribution in [-0.4, -0.2) is 18.0 Å². The van der Waals surface area contributed by atoms with Crippen molar-refractivity contribution >= 4 is 11.9 Å². The third-order valence-corrected chi connectivity index (χ3v) is 3.47. The highest BCUT2D eigenvalue weighted by atomic mass is 16.6. The Hall–Kier alpha value is -2.30. The maximum atomic E-state index is 12.5. The Labute approximate surface area is 145 Å². The van der Waals surface area contributed by atoms with Gasteiger partial charge in [0.1, 0.15) is 11.8 Å². The van der Waals surface area contributed by atoms with E-state index in [9.17, 15) is 9.59 Å². The lowest BCUT2D eigenvalue weighted by Crippen LogP contribution is -2.32. The highest BCUT2D eigenvalue weighted by molar-refractivity contribution is 6.09. The van der Waals surface area contributed by atoms with Crippen LogP contribution in [0, 0.1) is 0 Å². The van der Waals surface area contributed by atoms with Crippen LogP contribution in [-0.2, 0) is 9.53 Å². The zero-order chi connectivity index (χ0) is 18.9. The molecule has 1 amide bonds. The average Bonchev–Trinajstić information content (AvgIpc) is 2.48. The molecule has 5 heteroatoms. The molecule has 134 valence electrons. The smallest absolute Gasteiger partial charge is 0.412 e. The summed E-state index contributed by atoms with van der Waals surface area (Å²) in [6.07, 6.45) is 4.25. The number of nitrogens with two attached hydrogens (primary N) is 1. The van der Waals surface area contributed by atoms with Gasteiger partial charge in [0.05, 0.1) is 0 Å². The summed E-state index contributed by atoms with van der Waals surface area (Å²) in [5.41, 5.74) is 8.37. The minimum Gasteiger partial charge on any atom is -0.446 e. The molecule has 0 saturated heterocycles. The number of ketones is 1. The molecule has 0 spiro atoms. The van der Waals surface area contributed by atoms with Gasteiger partial charge in [-0.2, -0.15) is 0 Å². The molecule has 3 N–H and O–H groups in total. The van der Waals surface area contributed by atoms with Crippen molar-refractivity contribution in [3.8, 4) is 0 Å². The van der Waals surface area contributed by atoms with Crippen LogP contribution in [0.4, 0.5) is 4.79 Å². The Morgan fingerprint density at radius 2 is 1.71 bits per heavy atom. The monoisotopic (exact) mass is 334 g/mol. The third-order valence-electron chi connectivity index (χ3n) is 3.47. The first-order valence-corrected chi connectivity index (χ1v) is 8.09. The molecule has 0 heterocycles. The number of amides is 1. The van der Waals surface area contributed by atoms with Crippen molar-refractivity contribution in [3.05, 3.63) is 46.8 Å². The molecular formula is C19H30N2O3. The first kappa shape index (κ1) is 21.7. The van der Waals surface area contributed by atoms with Gasteiger partial charge in [0, 0.05) is 5.70 Å². The normalized spacial score (nSPS) is 14.6. The quantitative estimate of drug-likeness (QED) is 0.516. The molecule has 0 aliphatic heterocycles. The first-order valence-electron chi connectivity index (χ1n) is 8.09. The highest BCUT2D eigenvalue weighted by Gasteiger charge is 2.18. The van der Waals surface area contributed by atoms with E-state index in [0.717, 1.165) is 24.0 Å². The van der Waals surface area contributed by atoms with Gasteiger partial charge in [0.15, 0.2) is 0 Å². The molecule has 0 aromatic carbocycles. The standard InChI is InChI=1S/C19H30N2O3/c1-8-9-15(6)24-19(23)21-17(16(7)20)18(22)14(5)11-10-13(4)12(2)3/h10-11,15H,2,8-9,20H2,1,3-7H3,(H,21,23)/b13-10-,14-11+,17-16+. The van der Waals surface area contributed by atoms with Gasteiger partial charge < -0.3 is 10.5 Å². The topological polar surface area (TPSA) is 81.4 Å². The fourth-order valence-corrected chi connectivity index (χ4v) is 1.78. The summed E-state index contributed by atoms with van der Waals surface area (Å²) in [5, 5.41) is 2.46. The number of ether oxygens (including phenoxy) is 1. The van der Waals surface area contributed by atoms with Crippen LogP contribution in [0.1, 0.15) is 54.4 Å². The maximum absolute atomic E-state index is 12.5. The van der Waals surface area contributed by atoms with Gasteiger partial charge in [-0.3, -0.25) is 10.1 Å². The molecule has 0 fully saturated rings. The van der Waals surface area contributed by atoms with Crippen LogP contribution < -0.4 is 11.1 Å². The van der Waals surface area contributed by atoms with Crippen molar-refractivity contribution in [3.63, 3.8) is 0 Å². The Morgan fingerprint density at radius 1 is 1.17 bits per heavy atom. The van der Waals surface area contributed by atoms with Crippen molar-refractivity contribution in [2.24, 2.45) is 5.73 Å². The van der Waals surface area contributed by atoms with Crippen molar-refractivity contribution in [1.82, 2.24) is 5.32 Å². The lowest BCUT2D eigenvalue weighted by Gasteiger charge is -2.15. The number of allylic oxidation sites excluding steroid dienone is 6. The average molecular weight is 334 g/mol. The summed E-state index contributed by atoms with van der Waals surface area (Å²) >= 11 is 0. The van der Waals surface area contributed by atoms with E-state index >= 15 is 0 Å². The lowest BCUT2D eigenvalue weighted by molar-refractivity contribution is -0.112. The van der Waals surface area contributed by atoms with Gasteiger partial charge in [-0.05, 0) is 52.2 Å². The molecule has 1 unspecified atom stereocenters. The number of rotatable bonds is 8. The minimum atomic E-state index is -0.675. The third kappa shape index (κ3) is 7.81. The largest absolute Gasteiger partial charge is 0.446 e. The number of carbonyl (C=O) groups is 2. The van der Waals surface area contributed by atoms with Crippen LogP contribution in [0.5, 0.6) is 0 Å². The molecule has 0 radical (unpaired) electrons. The SMILES string of the molecule is C=C(C)/C(C)=C\C=C(/C)C(=O)/C(NC(=O)OC(C)CCC)=C(/C)N. The van der Waals surface area contributed by atoms with Crippen LogP contribution in [0.2, 0.25) is 0 Å². The van der Waals surface area contributed by atoms with E-state index < -0.39 is 6.09 Å². The number of hydrogen-bond donors (Lipinski definition) is 2. The second kappa shape index (κ2) is 10.5. The van der Waals surface area contributed by atoms with E-state index in [1.807, 2.05) is 20.8 Å². The maximum Gasteiger partial charge on any atom is 0.412 e. The predicted octanol–water partition coefficient (Wildman–Crippen LogP) is 4.13. The van der Waals surface area contributed by atoms with E-state index in [-0.39, 0.29) is 23.3 Å². The predicted molar refractivity (Wildman–Crippen MR) is 98.2 cm³/mol. The highest BCUT2D eigenvalue weighted by Crippen LogP contribution is 2.10. The molecule has 24 heavy (non-hydrogen) atoms. The molecular weight excluding hydrogens is 304 g/mol. The van der Waals surface area contributed by atoms with E-state index in [4.69, 9.17) is 10.5 Å². The van der Waals surface area contributed by atoms with Crippen molar-refractivity contribution in [2.75, 3.05) is 0 Å². The fraction of sp³-hybridized carbons (Fsp3) is 0.474. The second-order valence-corrected chi connectivity index (χ2v) is 6.00. The van der Waals surface area contributed by atoms with Gasteiger partial charge in [-0.25, -0.2) is 4.79 Å². The molecule has 0 aromatic heterocycles. The summed E-state index contributed by atoms with van der Waals surface area (Å²) in [4.78, 5) is 24.4. The zero-order valence-electron chi connectivity index (χ0n) is 15.7. The molecule has 0 aromatic rings. The van der Waals surface area contributed by atoms with Gasteiger partial charge in [0.25, 0.3) is 0 Å². The van der Waals surface area contributed by atoms with E-state index in [2.05, 4.69) is 11.9 Å². The Bertz CT molecular complexity index is 579. The Kier molecular flexibility index (Phi) is 9.47. The summed E-state index contributed by atoms with van der Waals surface area (Å²) in [7, 11) is 0. The van der Waals surface area contributed by atoms with E-state index in [1.165, 1.54) is 0 Å². The molecule has 0 bridgehead atoms. The van der Waals surface area contributed by atoms with Crippen molar-refractivity contribution < 1.29 is 14.3 Å². The number of nitrogens with one attached hydrogen (secondary N) is 1. The molecule has 1 atom stereocenters. The molecule has 0 aliphatic rings. The van der Waals surface area contributed by atoms with E-state index in [1.54, 1.807) is 32.9 Å². The number of carbonyl (C=O) groups excluding carboxylic acids is 2. The summed E-state index contributed by atoms with van der Waals surface area (Å²) in [5.74, 6) is -0.346. The van der Waals surface area contributed by atoms with E-state index in [0.29, 0.717) is 5.57 Å². The number of alkyl carbamates (subject to hydrolysis) is 1. The number of Topliss-reactive ketones (excluding diaryl/α,β-unsaturated/α-hetero) is 1. The lowest BCUT2D eigenvalue weighted by atomic mass is 10.1.